The fraction of sp³-hybridized carbons (Fsp3) is 0.250. The number of thioether (sulfide) groups is 1. The highest BCUT2D eigenvalue weighted by molar-refractivity contribution is 7.99. The van der Waals surface area contributed by atoms with Crippen molar-refractivity contribution in [1.29, 1.82) is 0 Å². The van der Waals surface area contributed by atoms with Crippen LogP contribution in [-0.4, -0.2) is 18.0 Å². The maximum atomic E-state index is 10.2. The molecule has 0 saturated carbocycles. The first kappa shape index (κ1) is 14.9. The molecule has 0 aliphatic heterocycles. The topological polar surface area (TPSA) is 55.5 Å². The highest BCUT2D eigenvalue weighted by Gasteiger charge is 2.09. The molecular weight excluding hydrogens is 270 g/mol. The van der Waals surface area contributed by atoms with E-state index in [-0.39, 0.29) is 0 Å². The number of rotatable bonds is 6. The Morgan fingerprint density at radius 3 is 2.75 bits per heavy atom. The Morgan fingerprint density at radius 2 is 2.00 bits per heavy atom. The molecule has 2 rings (SSSR count). The Hall–Kier alpha value is -1.49. The van der Waals surface area contributed by atoms with E-state index in [1.807, 2.05) is 42.5 Å². The van der Waals surface area contributed by atoms with Crippen LogP contribution in [0.15, 0.2) is 53.4 Å². The number of nitrogens with two attached hydrogens (primary N) is 1. The first-order chi connectivity index (χ1) is 9.72. The van der Waals surface area contributed by atoms with E-state index < -0.39 is 6.10 Å². The van der Waals surface area contributed by atoms with E-state index in [9.17, 15) is 5.11 Å². The summed E-state index contributed by atoms with van der Waals surface area (Å²) in [5.41, 5.74) is 7.60. The molecule has 0 amide bonds. The molecule has 0 saturated heterocycles. The molecule has 1 atom stereocenters. The predicted octanol–water partition coefficient (Wildman–Crippen LogP) is 2.98. The van der Waals surface area contributed by atoms with Crippen molar-refractivity contribution in [2.75, 3.05) is 12.9 Å². The molecule has 0 heterocycles. The summed E-state index contributed by atoms with van der Waals surface area (Å²) >= 11 is 1.62. The highest BCUT2D eigenvalue weighted by Crippen LogP contribution is 2.27. The second-order valence-corrected chi connectivity index (χ2v) is 5.55. The summed E-state index contributed by atoms with van der Waals surface area (Å²) in [4.78, 5) is 1.12. The molecule has 0 aromatic heterocycles. The third-order valence-corrected chi connectivity index (χ3v) is 4.09. The van der Waals surface area contributed by atoms with Gasteiger partial charge < -0.3 is 15.6 Å². The van der Waals surface area contributed by atoms with Crippen molar-refractivity contribution in [2.45, 2.75) is 17.5 Å². The van der Waals surface area contributed by atoms with Gasteiger partial charge in [0.1, 0.15) is 5.75 Å². The van der Waals surface area contributed by atoms with Gasteiger partial charge in [-0.2, -0.15) is 0 Å². The number of methoxy groups -OCH3 is 1. The molecule has 0 spiro atoms. The lowest BCUT2D eigenvalue weighted by Gasteiger charge is -2.12. The van der Waals surface area contributed by atoms with Crippen LogP contribution in [-0.2, 0) is 6.54 Å². The van der Waals surface area contributed by atoms with Gasteiger partial charge in [-0.05, 0) is 35.4 Å². The number of ether oxygens (including phenoxy) is 1. The van der Waals surface area contributed by atoms with Gasteiger partial charge >= 0.3 is 0 Å². The Kier molecular flexibility index (Phi) is 5.47. The van der Waals surface area contributed by atoms with Crippen LogP contribution in [0.25, 0.3) is 0 Å². The lowest BCUT2D eigenvalue weighted by Crippen LogP contribution is -2.01. The molecule has 2 aromatic carbocycles. The zero-order chi connectivity index (χ0) is 14.4. The largest absolute Gasteiger partial charge is 0.497 e. The van der Waals surface area contributed by atoms with Crippen molar-refractivity contribution in [3.8, 4) is 5.75 Å². The van der Waals surface area contributed by atoms with E-state index in [0.717, 1.165) is 21.8 Å². The Bertz CT molecular complexity index is 560. The maximum Gasteiger partial charge on any atom is 0.119 e. The molecule has 3 N–H and O–H groups in total. The van der Waals surface area contributed by atoms with E-state index in [0.29, 0.717) is 12.3 Å². The first-order valence-electron chi connectivity index (χ1n) is 6.46. The SMILES string of the molecule is COc1cccc(C(O)CSc2cccc(CN)c2)c1. The molecule has 0 fully saturated rings. The number of hydrogen-bond donors (Lipinski definition) is 2. The van der Waals surface area contributed by atoms with Crippen molar-refractivity contribution in [3.05, 3.63) is 59.7 Å². The number of benzene rings is 2. The van der Waals surface area contributed by atoms with E-state index in [4.69, 9.17) is 10.5 Å². The monoisotopic (exact) mass is 289 g/mol. The van der Waals surface area contributed by atoms with E-state index in [2.05, 4.69) is 6.07 Å². The number of aliphatic hydroxyl groups excluding tert-OH is 1. The van der Waals surface area contributed by atoms with Crippen LogP contribution in [0.1, 0.15) is 17.2 Å². The smallest absolute Gasteiger partial charge is 0.119 e. The van der Waals surface area contributed by atoms with Crippen LogP contribution in [0.3, 0.4) is 0 Å². The zero-order valence-corrected chi connectivity index (χ0v) is 12.3. The molecular formula is C16H19NO2S. The zero-order valence-electron chi connectivity index (χ0n) is 11.5. The number of aliphatic hydroxyl groups is 1. The summed E-state index contributed by atoms with van der Waals surface area (Å²) in [6.07, 6.45) is -0.517. The summed E-state index contributed by atoms with van der Waals surface area (Å²) < 4.78 is 5.17. The molecule has 4 heteroatoms. The predicted molar refractivity (Wildman–Crippen MR) is 83.0 cm³/mol. The van der Waals surface area contributed by atoms with Gasteiger partial charge in [-0.1, -0.05) is 24.3 Å². The minimum absolute atomic E-state index is 0.517. The molecule has 0 aliphatic rings. The maximum absolute atomic E-state index is 10.2. The molecule has 0 aliphatic carbocycles. The quantitative estimate of drug-likeness (QED) is 0.803. The minimum atomic E-state index is -0.517. The van der Waals surface area contributed by atoms with Gasteiger partial charge in [0.05, 0.1) is 13.2 Å². The van der Waals surface area contributed by atoms with Crippen molar-refractivity contribution in [3.63, 3.8) is 0 Å². The standard InChI is InChI=1S/C16H19NO2S/c1-19-14-6-3-5-13(9-14)16(18)11-20-15-7-2-4-12(8-15)10-17/h2-9,16,18H,10-11,17H2,1H3. The molecule has 1 unspecified atom stereocenters. The molecule has 3 nitrogen and oxygen atoms in total. The molecule has 20 heavy (non-hydrogen) atoms. The average Bonchev–Trinajstić information content (AvgIpc) is 2.52. The van der Waals surface area contributed by atoms with Crippen molar-refractivity contribution < 1.29 is 9.84 Å². The number of hydrogen-bond acceptors (Lipinski definition) is 4. The third kappa shape index (κ3) is 4.00. The average molecular weight is 289 g/mol. The Morgan fingerprint density at radius 1 is 1.20 bits per heavy atom. The minimum Gasteiger partial charge on any atom is -0.497 e. The van der Waals surface area contributed by atoms with Gasteiger partial charge in [0.25, 0.3) is 0 Å². The first-order valence-corrected chi connectivity index (χ1v) is 7.45. The third-order valence-electron chi connectivity index (χ3n) is 3.02. The van der Waals surface area contributed by atoms with E-state index in [1.54, 1.807) is 18.9 Å². The lowest BCUT2D eigenvalue weighted by molar-refractivity contribution is 0.203. The summed E-state index contributed by atoms with van der Waals surface area (Å²) in [7, 11) is 1.62. The molecule has 0 bridgehead atoms. The second kappa shape index (κ2) is 7.33. The van der Waals surface area contributed by atoms with E-state index in [1.165, 1.54) is 0 Å². The van der Waals surface area contributed by atoms with Gasteiger partial charge in [-0.25, -0.2) is 0 Å². The summed E-state index contributed by atoms with van der Waals surface area (Å²) in [5.74, 6) is 1.36. The Labute approximate surface area is 123 Å². The molecule has 106 valence electrons. The van der Waals surface area contributed by atoms with Gasteiger partial charge in [-0.15, -0.1) is 11.8 Å². The van der Waals surface area contributed by atoms with Gasteiger partial charge in [0.2, 0.25) is 0 Å². The van der Waals surface area contributed by atoms with Crippen molar-refractivity contribution in [2.24, 2.45) is 5.73 Å². The van der Waals surface area contributed by atoms with Gasteiger partial charge in [0, 0.05) is 17.2 Å². The van der Waals surface area contributed by atoms with Crippen LogP contribution in [0.4, 0.5) is 0 Å². The van der Waals surface area contributed by atoms with Crippen LogP contribution in [0.5, 0.6) is 5.75 Å². The normalized spacial score (nSPS) is 12.2. The Balaban J connectivity index is 1.98. The van der Waals surface area contributed by atoms with Gasteiger partial charge in [-0.3, -0.25) is 0 Å². The van der Waals surface area contributed by atoms with Crippen molar-refractivity contribution in [1.82, 2.24) is 0 Å². The van der Waals surface area contributed by atoms with Crippen LogP contribution >= 0.6 is 11.8 Å². The van der Waals surface area contributed by atoms with E-state index >= 15 is 0 Å². The second-order valence-electron chi connectivity index (χ2n) is 4.45. The van der Waals surface area contributed by atoms with Crippen LogP contribution in [0, 0.1) is 0 Å². The summed E-state index contributed by atoms with van der Waals surface area (Å²) in [6, 6.07) is 15.6. The van der Waals surface area contributed by atoms with Gasteiger partial charge in [0.15, 0.2) is 0 Å². The highest BCUT2D eigenvalue weighted by atomic mass is 32.2. The van der Waals surface area contributed by atoms with Crippen LogP contribution < -0.4 is 10.5 Å². The molecule has 2 aromatic rings. The van der Waals surface area contributed by atoms with Crippen LogP contribution in [0.2, 0.25) is 0 Å². The summed E-state index contributed by atoms with van der Waals surface area (Å²) in [5, 5.41) is 10.2. The van der Waals surface area contributed by atoms with Crippen molar-refractivity contribution >= 4 is 11.8 Å². The lowest BCUT2D eigenvalue weighted by atomic mass is 10.1. The molecule has 0 radical (unpaired) electrons. The fourth-order valence-electron chi connectivity index (χ4n) is 1.88. The fourth-order valence-corrected chi connectivity index (χ4v) is 2.83. The summed E-state index contributed by atoms with van der Waals surface area (Å²) in [6.45, 7) is 0.535.